The molecule has 0 bridgehead atoms. The lowest BCUT2D eigenvalue weighted by molar-refractivity contribution is 0.0951. The van der Waals surface area contributed by atoms with Crippen molar-refractivity contribution in [1.82, 2.24) is 15.3 Å². The van der Waals surface area contributed by atoms with Gasteiger partial charge in [-0.1, -0.05) is 12.1 Å². The minimum Gasteiger partial charge on any atom is -0.349 e. The first-order chi connectivity index (χ1) is 10.3. The molecule has 4 nitrogen and oxygen atoms in total. The van der Waals surface area contributed by atoms with Crippen LogP contribution < -0.4 is 5.32 Å². The summed E-state index contributed by atoms with van der Waals surface area (Å²) in [6, 6.07) is 12.1. The Kier molecular flexibility index (Phi) is 2.74. The van der Waals surface area contributed by atoms with Crippen LogP contribution in [-0.2, 0) is 0 Å². The SMILES string of the molecule is O=C(NC1CC1)c1ccc(-c2ccnc3[nH]ccc23)cc1. The summed E-state index contributed by atoms with van der Waals surface area (Å²) in [6.07, 6.45) is 5.89. The number of H-pyrrole nitrogens is 1. The summed E-state index contributed by atoms with van der Waals surface area (Å²) in [4.78, 5) is 19.4. The molecule has 4 heteroatoms. The van der Waals surface area contributed by atoms with Crippen molar-refractivity contribution in [2.75, 3.05) is 0 Å². The molecule has 21 heavy (non-hydrogen) atoms. The molecule has 1 saturated carbocycles. The zero-order valence-corrected chi connectivity index (χ0v) is 11.5. The molecule has 3 aromatic rings. The first-order valence-electron chi connectivity index (χ1n) is 7.15. The standard InChI is InChI=1S/C17H15N3O/c21-17(20-13-5-6-13)12-3-1-11(2-4-12)14-7-9-18-16-15(14)8-10-19-16/h1-4,7-10,13H,5-6H2,(H,18,19)(H,20,21). The second kappa shape index (κ2) is 4.74. The molecule has 4 rings (SSSR count). The van der Waals surface area contributed by atoms with E-state index in [-0.39, 0.29) is 5.91 Å². The van der Waals surface area contributed by atoms with Crippen molar-refractivity contribution in [2.45, 2.75) is 18.9 Å². The summed E-state index contributed by atoms with van der Waals surface area (Å²) in [5, 5.41) is 4.09. The van der Waals surface area contributed by atoms with Gasteiger partial charge in [-0.3, -0.25) is 4.79 Å². The summed E-state index contributed by atoms with van der Waals surface area (Å²) in [6.45, 7) is 0. The van der Waals surface area contributed by atoms with E-state index in [2.05, 4.69) is 15.3 Å². The summed E-state index contributed by atoms with van der Waals surface area (Å²) in [7, 11) is 0. The number of carbonyl (C=O) groups excluding carboxylic acids is 1. The number of nitrogens with one attached hydrogen (secondary N) is 2. The van der Waals surface area contributed by atoms with Gasteiger partial charge in [0.15, 0.2) is 0 Å². The van der Waals surface area contributed by atoms with Crippen molar-refractivity contribution in [1.29, 1.82) is 0 Å². The van der Waals surface area contributed by atoms with Gasteiger partial charge in [-0.05, 0) is 48.2 Å². The second-order valence-electron chi connectivity index (χ2n) is 5.42. The van der Waals surface area contributed by atoms with Gasteiger partial charge in [0.1, 0.15) is 5.65 Å². The predicted octanol–water partition coefficient (Wildman–Crippen LogP) is 3.12. The third-order valence-electron chi connectivity index (χ3n) is 3.83. The normalized spacial score (nSPS) is 14.3. The summed E-state index contributed by atoms with van der Waals surface area (Å²) < 4.78 is 0. The van der Waals surface area contributed by atoms with Gasteiger partial charge in [0.2, 0.25) is 0 Å². The van der Waals surface area contributed by atoms with Gasteiger partial charge in [0.05, 0.1) is 0 Å². The molecular formula is C17H15N3O. The molecule has 0 unspecified atom stereocenters. The van der Waals surface area contributed by atoms with E-state index in [4.69, 9.17) is 0 Å². The van der Waals surface area contributed by atoms with E-state index in [9.17, 15) is 4.79 Å². The highest BCUT2D eigenvalue weighted by Crippen LogP contribution is 2.27. The second-order valence-corrected chi connectivity index (χ2v) is 5.42. The van der Waals surface area contributed by atoms with Crippen LogP contribution in [0.15, 0.2) is 48.8 Å². The van der Waals surface area contributed by atoms with E-state index in [0.29, 0.717) is 11.6 Å². The maximum absolute atomic E-state index is 12.0. The lowest BCUT2D eigenvalue weighted by atomic mass is 10.0. The Hall–Kier alpha value is -2.62. The topological polar surface area (TPSA) is 57.8 Å². The Labute approximate surface area is 122 Å². The van der Waals surface area contributed by atoms with Gasteiger partial charge >= 0.3 is 0 Å². The van der Waals surface area contributed by atoms with E-state index in [0.717, 1.165) is 35.0 Å². The number of fused-ring (bicyclic) bond motifs is 1. The molecule has 0 radical (unpaired) electrons. The van der Waals surface area contributed by atoms with Crippen molar-refractivity contribution in [3.8, 4) is 11.1 Å². The summed E-state index contributed by atoms with van der Waals surface area (Å²) in [5.74, 6) is 0.0190. The van der Waals surface area contributed by atoms with Crippen LogP contribution in [0.25, 0.3) is 22.2 Å². The number of hydrogen-bond acceptors (Lipinski definition) is 2. The zero-order valence-electron chi connectivity index (χ0n) is 11.5. The van der Waals surface area contributed by atoms with E-state index in [1.807, 2.05) is 42.6 Å². The highest BCUT2D eigenvalue weighted by Gasteiger charge is 2.23. The Morgan fingerprint density at radius 1 is 1.14 bits per heavy atom. The fraction of sp³-hybridized carbons (Fsp3) is 0.176. The van der Waals surface area contributed by atoms with Crippen molar-refractivity contribution < 1.29 is 4.79 Å². The molecule has 0 spiro atoms. The first-order valence-corrected chi connectivity index (χ1v) is 7.15. The van der Waals surface area contributed by atoms with Crippen molar-refractivity contribution >= 4 is 16.9 Å². The molecule has 0 aliphatic heterocycles. The van der Waals surface area contributed by atoms with Crippen LogP contribution in [-0.4, -0.2) is 21.9 Å². The Bertz CT molecular complexity index is 800. The van der Waals surface area contributed by atoms with Crippen molar-refractivity contribution in [3.63, 3.8) is 0 Å². The minimum atomic E-state index is 0.0190. The molecule has 0 saturated heterocycles. The number of benzene rings is 1. The van der Waals surface area contributed by atoms with Gasteiger partial charge in [-0.15, -0.1) is 0 Å². The molecule has 2 heterocycles. The number of nitrogens with zero attached hydrogens (tertiary/aromatic N) is 1. The van der Waals surface area contributed by atoms with Crippen LogP contribution in [0.2, 0.25) is 0 Å². The molecule has 1 amide bonds. The molecule has 1 aliphatic carbocycles. The maximum Gasteiger partial charge on any atom is 0.251 e. The number of rotatable bonds is 3. The van der Waals surface area contributed by atoms with Crippen LogP contribution in [0.5, 0.6) is 0 Å². The lowest BCUT2D eigenvalue weighted by Crippen LogP contribution is -2.25. The number of carbonyl (C=O) groups is 1. The molecular weight excluding hydrogens is 262 g/mol. The highest BCUT2D eigenvalue weighted by atomic mass is 16.1. The summed E-state index contributed by atoms with van der Waals surface area (Å²) in [5.41, 5.74) is 3.80. The molecule has 2 N–H and O–H groups in total. The quantitative estimate of drug-likeness (QED) is 0.772. The average Bonchev–Trinajstić information content (AvgIpc) is 3.20. The zero-order chi connectivity index (χ0) is 14.2. The Morgan fingerprint density at radius 2 is 1.95 bits per heavy atom. The van der Waals surface area contributed by atoms with Gasteiger partial charge in [-0.25, -0.2) is 4.98 Å². The van der Waals surface area contributed by atoms with Crippen molar-refractivity contribution in [2.24, 2.45) is 0 Å². The van der Waals surface area contributed by atoms with Crippen LogP contribution >= 0.6 is 0 Å². The molecule has 104 valence electrons. The smallest absolute Gasteiger partial charge is 0.251 e. The molecule has 2 aromatic heterocycles. The van der Waals surface area contributed by atoms with E-state index in [1.165, 1.54) is 0 Å². The van der Waals surface area contributed by atoms with E-state index in [1.54, 1.807) is 6.20 Å². The van der Waals surface area contributed by atoms with Gasteiger partial charge < -0.3 is 10.3 Å². The van der Waals surface area contributed by atoms with Crippen LogP contribution in [0.1, 0.15) is 23.2 Å². The lowest BCUT2D eigenvalue weighted by Gasteiger charge is -2.06. The Morgan fingerprint density at radius 3 is 2.71 bits per heavy atom. The summed E-state index contributed by atoms with van der Waals surface area (Å²) >= 11 is 0. The molecule has 1 aliphatic rings. The number of pyridine rings is 1. The molecule has 0 atom stereocenters. The largest absolute Gasteiger partial charge is 0.349 e. The van der Waals surface area contributed by atoms with Gasteiger partial charge in [0.25, 0.3) is 5.91 Å². The number of aromatic amines is 1. The van der Waals surface area contributed by atoms with Crippen LogP contribution in [0.4, 0.5) is 0 Å². The molecule has 1 aromatic carbocycles. The van der Waals surface area contributed by atoms with Gasteiger partial charge in [0, 0.05) is 29.4 Å². The van der Waals surface area contributed by atoms with Gasteiger partial charge in [-0.2, -0.15) is 0 Å². The number of hydrogen-bond donors (Lipinski definition) is 2. The monoisotopic (exact) mass is 277 g/mol. The fourth-order valence-corrected chi connectivity index (χ4v) is 2.51. The third kappa shape index (κ3) is 2.29. The average molecular weight is 277 g/mol. The van der Waals surface area contributed by atoms with E-state index >= 15 is 0 Å². The first kappa shape index (κ1) is 12.1. The van der Waals surface area contributed by atoms with E-state index < -0.39 is 0 Å². The molecule has 1 fully saturated rings. The van der Waals surface area contributed by atoms with Crippen LogP contribution in [0, 0.1) is 0 Å². The fourth-order valence-electron chi connectivity index (χ4n) is 2.51. The number of amides is 1. The Balaban J connectivity index is 1.66. The minimum absolute atomic E-state index is 0.0190. The highest BCUT2D eigenvalue weighted by molar-refractivity contribution is 5.96. The predicted molar refractivity (Wildman–Crippen MR) is 82.0 cm³/mol. The maximum atomic E-state index is 12.0. The number of aromatic nitrogens is 2. The van der Waals surface area contributed by atoms with Crippen molar-refractivity contribution in [3.05, 3.63) is 54.4 Å². The third-order valence-corrected chi connectivity index (χ3v) is 3.83. The van der Waals surface area contributed by atoms with Crippen LogP contribution in [0.3, 0.4) is 0 Å².